The molecule has 0 radical (unpaired) electrons. The molecule has 0 bridgehead atoms. The predicted octanol–water partition coefficient (Wildman–Crippen LogP) is 3.84. The zero-order valence-electron chi connectivity index (χ0n) is 25.5. The molecule has 9 heteroatoms. The molecule has 5 atom stereocenters. The van der Waals surface area contributed by atoms with Crippen molar-refractivity contribution in [1.29, 1.82) is 0 Å². The zero-order valence-corrected chi connectivity index (χ0v) is 25.5. The van der Waals surface area contributed by atoms with Gasteiger partial charge in [0.15, 0.2) is 5.78 Å². The standard InChI is InChI=1S/C34H45N3O6/c1-4-34(43)27-23(29(36(2)3)32(41)28(34)33(35)42)17-19-16-22-21(10-11-24(38)26(22)30(39)25(19)31(27)40)18-12-14-37(15-13-18)20-8-6-5-7-9-20/h10-12,19-20,23,27,29,38-39,41,43H,4-9,13-17H2,1-3H3,(H2,35,42)/t19?,23?,27?,29-,34?/m0/s1. The van der Waals surface area contributed by atoms with Gasteiger partial charge in [-0.25, -0.2) is 0 Å². The number of carbonyl (C=O) groups excluding carboxylic acids is 2. The van der Waals surface area contributed by atoms with E-state index in [1.807, 2.05) is 6.07 Å². The van der Waals surface area contributed by atoms with Crippen LogP contribution >= 0.6 is 0 Å². The molecule has 4 aliphatic carbocycles. The smallest absolute Gasteiger partial charge is 0.251 e. The number of rotatable bonds is 5. The number of aromatic hydroxyl groups is 1. The molecule has 232 valence electrons. The summed E-state index contributed by atoms with van der Waals surface area (Å²) in [4.78, 5) is 31.2. The summed E-state index contributed by atoms with van der Waals surface area (Å²) in [5.41, 5.74) is 6.82. The highest BCUT2D eigenvalue weighted by Gasteiger charge is 2.61. The highest BCUT2D eigenvalue weighted by molar-refractivity contribution is 6.08. The van der Waals surface area contributed by atoms with E-state index in [0.717, 1.165) is 30.6 Å². The highest BCUT2D eigenvalue weighted by Crippen LogP contribution is 2.55. The third-order valence-electron chi connectivity index (χ3n) is 11.1. The number of benzene rings is 1. The van der Waals surface area contributed by atoms with Crippen molar-refractivity contribution in [3.8, 4) is 5.75 Å². The topological polar surface area (TPSA) is 148 Å². The average molecular weight is 592 g/mol. The van der Waals surface area contributed by atoms with Crippen molar-refractivity contribution in [2.24, 2.45) is 23.5 Å². The lowest BCUT2D eigenvalue weighted by atomic mass is 9.54. The molecule has 1 aromatic carbocycles. The number of ketones is 1. The van der Waals surface area contributed by atoms with Gasteiger partial charge in [0, 0.05) is 24.7 Å². The molecule has 1 amide bonds. The van der Waals surface area contributed by atoms with Crippen molar-refractivity contribution >= 4 is 23.0 Å². The number of primary amides is 1. The number of nitrogens with zero attached hydrogens (tertiary/aromatic N) is 2. The fourth-order valence-electron chi connectivity index (χ4n) is 9.12. The second kappa shape index (κ2) is 11.1. The van der Waals surface area contributed by atoms with Crippen molar-refractivity contribution in [3.05, 3.63) is 51.8 Å². The quantitative estimate of drug-likeness (QED) is 0.347. The van der Waals surface area contributed by atoms with Gasteiger partial charge in [0.2, 0.25) is 0 Å². The van der Waals surface area contributed by atoms with E-state index in [4.69, 9.17) is 5.73 Å². The van der Waals surface area contributed by atoms with Crippen molar-refractivity contribution in [3.63, 3.8) is 0 Å². The number of hydrogen-bond acceptors (Lipinski definition) is 8. The van der Waals surface area contributed by atoms with Gasteiger partial charge in [0.25, 0.3) is 5.91 Å². The van der Waals surface area contributed by atoms with Crippen LogP contribution < -0.4 is 5.73 Å². The number of aliphatic hydroxyl groups is 3. The lowest BCUT2D eigenvalue weighted by molar-refractivity contribution is -0.141. The van der Waals surface area contributed by atoms with E-state index in [2.05, 4.69) is 11.0 Å². The number of amides is 1. The molecule has 6 rings (SSSR count). The summed E-state index contributed by atoms with van der Waals surface area (Å²) in [6.45, 7) is 3.50. The molecule has 1 aromatic rings. The van der Waals surface area contributed by atoms with Crippen molar-refractivity contribution in [2.75, 3.05) is 27.2 Å². The Morgan fingerprint density at radius 2 is 1.86 bits per heavy atom. The Labute approximate surface area is 253 Å². The summed E-state index contributed by atoms with van der Waals surface area (Å²) in [5.74, 6) is -4.06. The maximum Gasteiger partial charge on any atom is 0.251 e. The zero-order chi connectivity index (χ0) is 30.8. The first kappa shape index (κ1) is 29.9. The summed E-state index contributed by atoms with van der Waals surface area (Å²) in [6, 6.07) is 3.45. The monoisotopic (exact) mass is 591 g/mol. The molecule has 2 saturated carbocycles. The maximum absolute atomic E-state index is 14.4. The number of allylic oxidation sites excluding steroid dienone is 1. The highest BCUT2D eigenvalue weighted by atomic mass is 16.3. The number of likely N-dealkylation sites (N-methyl/N-ethyl adjacent to an activating group) is 1. The van der Waals surface area contributed by atoms with E-state index in [1.54, 1.807) is 32.0 Å². The second-order valence-corrected chi connectivity index (χ2v) is 13.5. The Hall–Kier alpha value is -3.14. The minimum absolute atomic E-state index is 0.0148. The summed E-state index contributed by atoms with van der Waals surface area (Å²) in [6.07, 6.45) is 10.4. The van der Waals surface area contributed by atoms with Crippen LogP contribution in [0.2, 0.25) is 0 Å². The van der Waals surface area contributed by atoms with Crippen molar-refractivity contribution < 1.29 is 30.0 Å². The van der Waals surface area contributed by atoms with Crippen LogP contribution in [-0.4, -0.2) is 86.8 Å². The summed E-state index contributed by atoms with van der Waals surface area (Å²) in [7, 11) is 3.53. The molecule has 1 heterocycles. The number of phenolic OH excluding ortho intramolecular Hbond substituents is 1. The van der Waals surface area contributed by atoms with Gasteiger partial charge in [0.1, 0.15) is 22.9 Å². The largest absolute Gasteiger partial charge is 0.510 e. The van der Waals surface area contributed by atoms with Gasteiger partial charge in [-0.3, -0.25) is 19.4 Å². The fraction of sp³-hybridized carbons (Fsp3) is 0.588. The SMILES string of the molecule is CCC1(O)C(C(N)=O)=C(O)[C@@H](N(C)C)C2CC3Cc4c(C5=CCN(C6CCCCC6)CC5)ccc(O)c4C(O)=C3C(=O)C21. The summed E-state index contributed by atoms with van der Waals surface area (Å²) < 4.78 is 0. The van der Waals surface area contributed by atoms with E-state index in [9.17, 15) is 30.0 Å². The number of fused-ring (bicyclic) bond motifs is 3. The van der Waals surface area contributed by atoms with Gasteiger partial charge >= 0.3 is 0 Å². The average Bonchev–Trinajstić information content (AvgIpc) is 2.97. The lowest BCUT2D eigenvalue weighted by Gasteiger charge is -2.53. The van der Waals surface area contributed by atoms with Gasteiger partial charge in [0.05, 0.1) is 23.1 Å². The fourth-order valence-corrected chi connectivity index (χ4v) is 9.12. The number of Topliss-reactive ketones (excluding diaryl/α,β-unsaturated/α-hetero) is 1. The van der Waals surface area contributed by atoms with Crippen LogP contribution in [0.3, 0.4) is 0 Å². The number of nitrogens with two attached hydrogens (primary N) is 1. The van der Waals surface area contributed by atoms with Gasteiger partial charge in [-0.05, 0) is 87.2 Å². The van der Waals surface area contributed by atoms with Gasteiger partial charge in [-0.1, -0.05) is 38.3 Å². The molecule has 9 nitrogen and oxygen atoms in total. The van der Waals surface area contributed by atoms with Crippen LogP contribution in [-0.2, 0) is 16.0 Å². The second-order valence-electron chi connectivity index (χ2n) is 13.5. The first-order valence-corrected chi connectivity index (χ1v) is 15.9. The molecule has 0 aromatic heterocycles. The number of aliphatic hydroxyl groups excluding tert-OH is 2. The first-order valence-electron chi connectivity index (χ1n) is 15.9. The molecule has 6 N–H and O–H groups in total. The molecule has 0 spiro atoms. The number of carbonyl (C=O) groups is 2. The third kappa shape index (κ3) is 4.62. The van der Waals surface area contributed by atoms with Gasteiger partial charge < -0.3 is 26.2 Å². The van der Waals surface area contributed by atoms with E-state index >= 15 is 0 Å². The summed E-state index contributed by atoms with van der Waals surface area (Å²) in [5, 5.41) is 45.9. The molecular weight excluding hydrogens is 546 g/mol. The van der Waals surface area contributed by atoms with Crippen LogP contribution in [0, 0.1) is 17.8 Å². The molecule has 43 heavy (non-hydrogen) atoms. The molecule has 1 aliphatic heterocycles. The van der Waals surface area contributed by atoms with E-state index in [0.29, 0.717) is 18.9 Å². The Balaban J connectivity index is 1.41. The van der Waals surface area contributed by atoms with E-state index < -0.39 is 35.2 Å². The lowest BCUT2D eigenvalue weighted by Crippen LogP contribution is -2.62. The Bertz CT molecular complexity index is 1440. The van der Waals surface area contributed by atoms with Crippen LogP contribution in [0.1, 0.15) is 75.0 Å². The van der Waals surface area contributed by atoms with Gasteiger partial charge in [-0.15, -0.1) is 0 Å². The Morgan fingerprint density at radius 3 is 2.47 bits per heavy atom. The van der Waals surface area contributed by atoms with Crippen LogP contribution in [0.15, 0.2) is 35.1 Å². The van der Waals surface area contributed by atoms with Crippen molar-refractivity contribution in [2.45, 2.75) is 82.4 Å². The Morgan fingerprint density at radius 1 is 1.14 bits per heavy atom. The van der Waals surface area contributed by atoms with Crippen LogP contribution in [0.4, 0.5) is 0 Å². The minimum Gasteiger partial charge on any atom is -0.510 e. The predicted molar refractivity (Wildman–Crippen MR) is 164 cm³/mol. The number of hydrogen-bond donors (Lipinski definition) is 5. The van der Waals surface area contributed by atoms with Crippen LogP contribution in [0.25, 0.3) is 11.3 Å². The molecule has 2 fully saturated rings. The van der Waals surface area contributed by atoms with E-state index in [1.165, 1.54) is 37.7 Å². The molecular formula is C34H45N3O6. The van der Waals surface area contributed by atoms with Gasteiger partial charge in [-0.2, -0.15) is 0 Å². The van der Waals surface area contributed by atoms with Crippen LogP contribution in [0.5, 0.6) is 5.75 Å². The maximum atomic E-state index is 14.4. The normalized spacial score (nSPS) is 31.9. The number of phenols is 1. The molecule has 0 saturated heterocycles. The van der Waals surface area contributed by atoms with E-state index in [-0.39, 0.29) is 46.3 Å². The van der Waals surface area contributed by atoms with Crippen molar-refractivity contribution in [1.82, 2.24) is 9.80 Å². The minimum atomic E-state index is -1.98. The molecule has 5 aliphatic rings. The first-order chi connectivity index (χ1) is 20.5. The summed E-state index contributed by atoms with van der Waals surface area (Å²) >= 11 is 0. The Kier molecular flexibility index (Phi) is 7.72. The third-order valence-corrected chi connectivity index (χ3v) is 11.1. The molecule has 4 unspecified atom stereocenters.